The molecule has 0 atom stereocenters. The molecule has 0 unspecified atom stereocenters. The van der Waals surface area contributed by atoms with Crippen LogP contribution in [0.3, 0.4) is 0 Å². The molecule has 72 valence electrons. The maximum atomic E-state index is 10.7. The monoisotopic (exact) mass is 184 g/mol. The maximum Gasteiger partial charge on any atom is 0.332 e. The Morgan fingerprint density at radius 3 is 2.69 bits per heavy atom. The molecule has 0 radical (unpaired) electrons. The smallest absolute Gasteiger partial charge is 0.332 e. The summed E-state index contributed by atoms with van der Waals surface area (Å²) in [5.41, 5.74) is 0. The van der Waals surface area contributed by atoms with Crippen LogP contribution in [0, 0.1) is 11.5 Å². The molecular formula is C8H12N2O3. The van der Waals surface area contributed by atoms with E-state index in [1.807, 2.05) is 6.19 Å². The average molecular weight is 184 g/mol. The van der Waals surface area contributed by atoms with Gasteiger partial charge in [0.1, 0.15) is 12.7 Å². The number of rotatable bonds is 2. The highest BCUT2D eigenvalue weighted by Crippen LogP contribution is 2.12. The first-order chi connectivity index (χ1) is 6.26. The number of carbonyl (C=O) groups excluding carboxylic acids is 1. The fourth-order valence-corrected chi connectivity index (χ4v) is 1.30. The zero-order valence-electron chi connectivity index (χ0n) is 7.27. The molecule has 0 aromatic rings. The van der Waals surface area contributed by atoms with Crippen LogP contribution in [0.1, 0.15) is 12.8 Å². The summed E-state index contributed by atoms with van der Waals surface area (Å²) >= 11 is 0. The molecule has 13 heavy (non-hydrogen) atoms. The average Bonchev–Trinajstić information content (AvgIpc) is 2.19. The first-order valence-electron chi connectivity index (χ1n) is 4.21. The van der Waals surface area contributed by atoms with Crippen LogP contribution in [0.4, 0.5) is 0 Å². The Morgan fingerprint density at radius 2 is 2.23 bits per heavy atom. The largest absolute Gasteiger partial charge is 0.461 e. The summed E-state index contributed by atoms with van der Waals surface area (Å²) in [5, 5.41) is 17.0. The van der Waals surface area contributed by atoms with Gasteiger partial charge in [-0.05, 0) is 0 Å². The van der Waals surface area contributed by atoms with E-state index in [9.17, 15) is 4.79 Å². The molecule has 0 aliphatic carbocycles. The number of piperidine rings is 1. The zero-order valence-corrected chi connectivity index (χ0v) is 7.27. The minimum absolute atomic E-state index is 0.135. The van der Waals surface area contributed by atoms with E-state index in [1.54, 1.807) is 4.90 Å². The SMILES string of the molecule is N#CN1CCC(OC(=O)CO)CC1. The van der Waals surface area contributed by atoms with Crippen molar-refractivity contribution in [2.24, 2.45) is 0 Å². The van der Waals surface area contributed by atoms with Crippen LogP contribution in [0.2, 0.25) is 0 Å². The normalized spacial score (nSPS) is 18.0. The Morgan fingerprint density at radius 1 is 1.62 bits per heavy atom. The Kier molecular flexibility index (Phi) is 3.53. The molecule has 0 amide bonds. The molecule has 1 rings (SSSR count). The summed E-state index contributed by atoms with van der Waals surface area (Å²) in [6.07, 6.45) is 3.23. The number of aliphatic hydroxyl groups excluding tert-OH is 1. The predicted octanol–water partition coefficient (Wildman–Crippen LogP) is -0.533. The summed E-state index contributed by atoms with van der Waals surface area (Å²) in [5.74, 6) is -0.588. The molecule has 1 N–H and O–H groups in total. The second kappa shape index (κ2) is 4.67. The zero-order chi connectivity index (χ0) is 9.68. The van der Waals surface area contributed by atoms with E-state index in [-0.39, 0.29) is 6.10 Å². The van der Waals surface area contributed by atoms with Crippen molar-refractivity contribution in [3.63, 3.8) is 0 Å². The lowest BCUT2D eigenvalue weighted by molar-refractivity contribution is -0.154. The molecule has 1 fully saturated rings. The maximum absolute atomic E-state index is 10.7. The van der Waals surface area contributed by atoms with E-state index >= 15 is 0 Å². The van der Waals surface area contributed by atoms with Gasteiger partial charge in [0.25, 0.3) is 0 Å². The van der Waals surface area contributed by atoms with Gasteiger partial charge in [-0.15, -0.1) is 0 Å². The second-order valence-corrected chi connectivity index (χ2v) is 2.93. The minimum atomic E-state index is -0.588. The van der Waals surface area contributed by atoms with Gasteiger partial charge >= 0.3 is 5.97 Å². The van der Waals surface area contributed by atoms with Crippen molar-refractivity contribution in [2.45, 2.75) is 18.9 Å². The fourth-order valence-electron chi connectivity index (χ4n) is 1.30. The van der Waals surface area contributed by atoms with Crippen LogP contribution in [0.25, 0.3) is 0 Å². The topological polar surface area (TPSA) is 73.6 Å². The molecule has 5 nitrogen and oxygen atoms in total. The molecule has 0 bridgehead atoms. The molecule has 5 heteroatoms. The number of aliphatic hydroxyl groups is 1. The lowest BCUT2D eigenvalue weighted by Crippen LogP contribution is -2.35. The van der Waals surface area contributed by atoms with Crippen LogP contribution in [0.15, 0.2) is 0 Å². The fraction of sp³-hybridized carbons (Fsp3) is 0.750. The Balaban J connectivity index is 2.26. The molecule has 1 aliphatic rings. The summed E-state index contributed by atoms with van der Waals surface area (Å²) in [4.78, 5) is 12.3. The third kappa shape index (κ3) is 2.92. The molecule has 1 aliphatic heterocycles. The van der Waals surface area contributed by atoms with Crippen molar-refractivity contribution in [3.05, 3.63) is 0 Å². The van der Waals surface area contributed by atoms with Gasteiger partial charge in [0.15, 0.2) is 6.19 Å². The summed E-state index contributed by atoms with van der Waals surface area (Å²) in [7, 11) is 0. The summed E-state index contributed by atoms with van der Waals surface area (Å²) in [6, 6.07) is 0. The number of carbonyl (C=O) groups is 1. The van der Waals surface area contributed by atoms with Gasteiger partial charge < -0.3 is 14.7 Å². The van der Waals surface area contributed by atoms with E-state index in [0.717, 1.165) is 0 Å². The van der Waals surface area contributed by atoms with E-state index in [1.165, 1.54) is 0 Å². The standard InChI is InChI=1S/C8H12N2O3/c9-6-10-3-1-7(2-4-10)13-8(12)5-11/h7,11H,1-5H2. The second-order valence-electron chi connectivity index (χ2n) is 2.93. The number of likely N-dealkylation sites (tertiary alicyclic amines) is 1. The lowest BCUT2D eigenvalue weighted by atomic mass is 10.1. The number of nitrogens with zero attached hydrogens (tertiary/aromatic N) is 2. The van der Waals surface area contributed by atoms with E-state index in [2.05, 4.69) is 0 Å². The first-order valence-corrected chi connectivity index (χ1v) is 4.21. The van der Waals surface area contributed by atoms with Gasteiger partial charge in [0, 0.05) is 25.9 Å². The van der Waals surface area contributed by atoms with Crippen molar-refractivity contribution < 1.29 is 14.6 Å². The van der Waals surface area contributed by atoms with Crippen molar-refractivity contribution in [2.75, 3.05) is 19.7 Å². The van der Waals surface area contributed by atoms with Crippen LogP contribution >= 0.6 is 0 Å². The van der Waals surface area contributed by atoms with Gasteiger partial charge in [-0.3, -0.25) is 0 Å². The quantitative estimate of drug-likeness (QED) is 0.461. The molecule has 0 aromatic carbocycles. The van der Waals surface area contributed by atoms with Gasteiger partial charge in [0.05, 0.1) is 0 Å². The number of nitriles is 1. The van der Waals surface area contributed by atoms with Crippen molar-refractivity contribution in [1.82, 2.24) is 4.90 Å². The molecule has 0 saturated carbocycles. The Labute approximate surface area is 76.5 Å². The van der Waals surface area contributed by atoms with Crippen LogP contribution < -0.4 is 0 Å². The summed E-state index contributed by atoms with van der Waals surface area (Å²) < 4.78 is 4.91. The molecular weight excluding hydrogens is 172 g/mol. The summed E-state index contributed by atoms with van der Waals surface area (Å²) in [6.45, 7) is 0.679. The molecule has 1 saturated heterocycles. The minimum Gasteiger partial charge on any atom is -0.461 e. The molecule has 0 aromatic heterocycles. The van der Waals surface area contributed by atoms with Gasteiger partial charge in [-0.1, -0.05) is 0 Å². The number of hydrogen-bond donors (Lipinski definition) is 1. The number of esters is 1. The highest BCUT2D eigenvalue weighted by atomic mass is 16.6. The van der Waals surface area contributed by atoms with Crippen molar-refractivity contribution >= 4 is 5.97 Å². The number of ether oxygens (including phenoxy) is 1. The van der Waals surface area contributed by atoms with E-state index in [0.29, 0.717) is 25.9 Å². The van der Waals surface area contributed by atoms with Crippen LogP contribution in [-0.2, 0) is 9.53 Å². The van der Waals surface area contributed by atoms with Gasteiger partial charge in [-0.25, -0.2) is 4.79 Å². The van der Waals surface area contributed by atoms with Gasteiger partial charge in [0.2, 0.25) is 0 Å². The Hall–Kier alpha value is -1.28. The first kappa shape index (κ1) is 9.81. The highest BCUT2D eigenvalue weighted by Gasteiger charge is 2.20. The Bertz CT molecular complexity index is 216. The van der Waals surface area contributed by atoms with E-state index < -0.39 is 12.6 Å². The van der Waals surface area contributed by atoms with E-state index in [4.69, 9.17) is 15.1 Å². The van der Waals surface area contributed by atoms with Crippen molar-refractivity contribution in [3.8, 4) is 6.19 Å². The van der Waals surface area contributed by atoms with Crippen LogP contribution in [-0.4, -0.2) is 41.8 Å². The third-order valence-electron chi connectivity index (χ3n) is 2.01. The molecule has 1 heterocycles. The van der Waals surface area contributed by atoms with Crippen molar-refractivity contribution in [1.29, 1.82) is 5.26 Å². The predicted molar refractivity (Wildman–Crippen MR) is 43.4 cm³/mol. The van der Waals surface area contributed by atoms with Gasteiger partial charge in [-0.2, -0.15) is 5.26 Å². The number of hydrogen-bond acceptors (Lipinski definition) is 5. The lowest BCUT2D eigenvalue weighted by Gasteiger charge is -2.27. The highest BCUT2D eigenvalue weighted by molar-refractivity contribution is 5.70. The third-order valence-corrected chi connectivity index (χ3v) is 2.01. The molecule has 0 spiro atoms. The van der Waals surface area contributed by atoms with Crippen LogP contribution in [0.5, 0.6) is 0 Å².